The van der Waals surface area contributed by atoms with Crippen LogP contribution in [0.3, 0.4) is 0 Å². The van der Waals surface area contributed by atoms with Crippen LogP contribution in [0.15, 0.2) is 16.7 Å². The van der Waals surface area contributed by atoms with Crippen LogP contribution in [-0.4, -0.2) is 78.0 Å². The molecule has 3 heterocycles. The van der Waals surface area contributed by atoms with Gasteiger partial charge in [-0.25, -0.2) is 14.6 Å². The maximum Gasteiger partial charge on any atom is 0.413 e. The van der Waals surface area contributed by atoms with E-state index in [1.807, 2.05) is 0 Å². The van der Waals surface area contributed by atoms with Gasteiger partial charge in [-0.1, -0.05) is 5.16 Å². The van der Waals surface area contributed by atoms with Crippen LogP contribution in [-0.2, 0) is 30.5 Å². The third kappa shape index (κ3) is 7.22. The molecule has 2 aromatic heterocycles. The fourth-order valence-corrected chi connectivity index (χ4v) is 3.53. The molecule has 0 radical (unpaired) electrons. The maximum atomic E-state index is 13.2. The van der Waals surface area contributed by atoms with E-state index < -0.39 is 52.9 Å². The summed E-state index contributed by atoms with van der Waals surface area (Å²) < 4.78 is 5.19. The molecule has 37 heavy (non-hydrogen) atoms. The van der Waals surface area contributed by atoms with Crippen LogP contribution < -0.4 is 16.0 Å². The van der Waals surface area contributed by atoms with E-state index >= 15 is 0 Å². The number of β-lactam (4-membered cyclic amide) rings is 1. The number of hydrogen-bond acceptors (Lipinski definition) is 11. The van der Waals surface area contributed by atoms with Gasteiger partial charge in [-0.05, 0) is 41.5 Å². The van der Waals surface area contributed by atoms with Gasteiger partial charge in [0.15, 0.2) is 10.8 Å². The number of aromatic nitrogens is 4. The van der Waals surface area contributed by atoms with Gasteiger partial charge in [-0.15, -0.1) is 11.3 Å². The molecule has 0 spiro atoms. The minimum Gasteiger partial charge on any atom is -0.478 e. The average molecular weight is 537 g/mol. The van der Waals surface area contributed by atoms with Gasteiger partial charge in [0.1, 0.15) is 17.3 Å². The SMILES string of the molecule is Cc1cnn(C[C@H]2NC(=O)[C@H]2NC(=O)C(=NOC(C)(C)C(=O)O)c2csc(NC(=O)OC(C)(C)C)n2)n1. The molecule has 0 saturated carbocycles. The number of carboxylic acid groups (broad SMARTS) is 1. The highest BCUT2D eigenvalue weighted by Gasteiger charge is 2.42. The van der Waals surface area contributed by atoms with E-state index in [2.05, 4.69) is 36.3 Å². The van der Waals surface area contributed by atoms with Gasteiger partial charge in [0.2, 0.25) is 11.5 Å². The molecule has 4 N–H and O–H groups in total. The number of anilines is 1. The summed E-state index contributed by atoms with van der Waals surface area (Å²) in [5.74, 6) is -2.59. The fourth-order valence-electron chi connectivity index (χ4n) is 2.85. The second kappa shape index (κ2) is 10.5. The van der Waals surface area contributed by atoms with E-state index in [1.165, 1.54) is 24.0 Å². The van der Waals surface area contributed by atoms with Gasteiger partial charge in [0, 0.05) is 5.38 Å². The predicted octanol–water partition coefficient (Wildman–Crippen LogP) is 0.657. The van der Waals surface area contributed by atoms with Gasteiger partial charge < -0.3 is 25.3 Å². The number of rotatable bonds is 9. The average Bonchev–Trinajstić information content (AvgIpc) is 3.39. The van der Waals surface area contributed by atoms with E-state index in [1.54, 1.807) is 33.9 Å². The highest BCUT2D eigenvalue weighted by atomic mass is 32.1. The lowest BCUT2D eigenvalue weighted by Gasteiger charge is -2.36. The summed E-state index contributed by atoms with van der Waals surface area (Å²) in [5.41, 5.74) is -2.22. The van der Waals surface area contributed by atoms with Gasteiger partial charge in [0.25, 0.3) is 5.91 Å². The second-order valence-electron chi connectivity index (χ2n) is 9.62. The van der Waals surface area contributed by atoms with Crippen molar-refractivity contribution in [2.45, 2.75) is 71.4 Å². The molecule has 16 heteroatoms. The first-order valence-electron chi connectivity index (χ1n) is 11.1. The summed E-state index contributed by atoms with van der Waals surface area (Å²) in [6.45, 7) is 9.57. The standard InChI is InChI=1S/C21H28N8O7S/c1-10-7-22-29(27-10)8-11-13(15(30)23-11)25-16(31)14(28-36-21(5,6)17(32)33)12-9-37-18(24-12)26-19(34)35-20(2,3)4/h7,9,11,13H,8H2,1-6H3,(H,23,30)(H,25,31)(H,32,33)(H,24,26,34)/t11-,13+/m1/s1. The van der Waals surface area contributed by atoms with E-state index in [0.717, 1.165) is 11.3 Å². The molecule has 200 valence electrons. The van der Waals surface area contributed by atoms with Crippen molar-refractivity contribution in [2.75, 3.05) is 5.32 Å². The monoisotopic (exact) mass is 536 g/mol. The lowest BCUT2D eigenvalue weighted by Crippen LogP contribution is -2.70. The van der Waals surface area contributed by atoms with Crippen LogP contribution >= 0.6 is 11.3 Å². The van der Waals surface area contributed by atoms with E-state index in [4.69, 9.17) is 9.57 Å². The van der Waals surface area contributed by atoms with Crippen molar-refractivity contribution < 1.29 is 33.9 Å². The summed E-state index contributed by atoms with van der Waals surface area (Å²) >= 11 is 0.978. The normalized spacial score (nSPS) is 17.9. The maximum absolute atomic E-state index is 13.2. The molecule has 0 unspecified atom stereocenters. The van der Waals surface area contributed by atoms with Crippen molar-refractivity contribution in [3.05, 3.63) is 23.0 Å². The minimum atomic E-state index is -1.76. The Labute approximate surface area is 215 Å². The molecule has 1 fully saturated rings. The number of nitrogens with zero attached hydrogens (tertiary/aromatic N) is 5. The summed E-state index contributed by atoms with van der Waals surface area (Å²) in [6.07, 6.45) is 0.807. The quantitative estimate of drug-likeness (QED) is 0.200. The molecule has 3 rings (SSSR count). The van der Waals surface area contributed by atoms with Crippen molar-refractivity contribution >= 4 is 46.1 Å². The Bertz CT molecular complexity index is 1230. The highest BCUT2D eigenvalue weighted by Crippen LogP contribution is 2.20. The Hall–Kier alpha value is -4.08. The molecular formula is C21H28N8O7S. The van der Waals surface area contributed by atoms with E-state index in [-0.39, 0.29) is 17.4 Å². The number of oxime groups is 1. The molecule has 1 aliphatic heterocycles. The summed E-state index contributed by atoms with van der Waals surface area (Å²) in [4.78, 5) is 59.5. The first kappa shape index (κ1) is 27.5. The summed E-state index contributed by atoms with van der Waals surface area (Å²) in [7, 11) is 0. The third-order valence-corrected chi connectivity index (χ3v) is 5.52. The second-order valence-corrected chi connectivity index (χ2v) is 10.5. The molecular weight excluding hydrogens is 508 g/mol. The van der Waals surface area contributed by atoms with Crippen LogP contribution in [0.5, 0.6) is 0 Å². The summed E-state index contributed by atoms with van der Waals surface area (Å²) in [6, 6.07) is -1.44. The topological polar surface area (TPSA) is 199 Å². The van der Waals surface area contributed by atoms with Gasteiger partial charge >= 0.3 is 12.1 Å². The van der Waals surface area contributed by atoms with Crippen LogP contribution in [0.25, 0.3) is 0 Å². The Morgan fingerprint density at radius 2 is 1.97 bits per heavy atom. The van der Waals surface area contributed by atoms with Crippen molar-refractivity contribution in [3.8, 4) is 0 Å². The molecule has 3 amide bonds. The Morgan fingerprint density at radius 1 is 1.27 bits per heavy atom. The minimum absolute atomic E-state index is 0.0182. The number of carbonyl (C=O) groups excluding carboxylic acids is 3. The number of thiazole rings is 1. The number of aliphatic carboxylic acids is 1. The molecule has 0 bridgehead atoms. The fraction of sp³-hybridized carbons (Fsp3) is 0.524. The van der Waals surface area contributed by atoms with Crippen LogP contribution in [0.1, 0.15) is 46.0 Å². The number of hydrogen-bond donors (Lipinski definition) is 4. The number of amides is 3. The van der Waals surface area contributed by atoms with Crippen molar-refractivity contribution in [2.24, 2.45) is 5.16 Å². The Morgan fingerprint density at radius 3 is 2.54 bits per heavy atom. The smallest absolute Gasteiger partial charge is 0.413 e. The molecule has 15 nitrogen and oxygen atoms in total. The zero-order valence-corrected chi connectivity index (χ0v) is 21.9. The van der Waals surface area contributed by atoms with Gasteiger partial charge in [0.05, 0.1) is 24.5 Å². The lowest BCUT2D eigenvalue weighted by molar-refractivity contribution is -0.161. The molecule has 1 saturated heterocycles. The van der Waals surface area contributed by atoms with Crippen molar-refractivity contribution in [1.29, 1.82) is 0 Å². The Balaban J connectivity index is 1.79. The van der Waals surface area contributed by atoms with Gasteiger partial charge in [-0.2, -0.15) is 15.0 Å². The number of ether oxygens (including phenoxy) is 1. The third-order valence-electron chi connectivity index (χ3n) is 4.76. The van der Waals surface area contributed by atoms with Crippen LogP contribution in [0, 0.1) is 6.92 Å². The number of carboxylic acids is 1. The lowest BCUT2D eigenvalue weighted by atomic mass is 9.98. The predicted molar refractivity (Wildman–Crippen MR) is 130 cm³/mol. The Kier molecular flexibility index (Phi) is 7.80. The van der Waals surface area contributed by atoms with E-state index in [9.17, 15) is 24.3 Å². The molecule has 0 aliphatic carbocycles. The first-order valence-corrected chi connectivity index (χ1v) is 12.0. The number of aryl methyl sites for hydroxylation is 1. The van der Waals surface area contributed by atoms with Crippen molar-refractivity contribution in [3.63, 3.8) is 0 Å². The highest BCUT2D eigenvalue weighted by molar-refractivity contribution is 7.14. The van der Waals surface area contributed by atoms with Crippen molar-refractivity contribution in [1.82, 2.24) is 30.6 Å². The summed E-state index contributed by atoms with van der Waals surface area (Å²) in [5, 5.41) is 30.5. The molecule has 2 atom stereocenters. The van der Waals surface area contributed by atoms with Crippen LogP contribution in [0.4, 0.5) is 9.93 Å². The zero-order valence-electron chi connectivity index (χ0n) is 21.1. The zero-order chi connectivity index (χ0) is 27.5. The van der Waals surface area contributed by atoms with Gasteiger partial charge in [-0.3, -0.25) is 14.9 Å². The molecule has 2 aromatic rings. The largest absolute Gasteiger partial charge is 0.478 e. The van der Waals surface area contributed by atoms with Crippen LogP contribution in [0.2, 0.25) is 0 Å². The molecule has 1 aliphatic rings. The van der Waals surface area contributed by atoms with E-state index in [0.29, 0.717) is 5.69 Å². The number of nitrogens with one attached hydrogen (secondary N) is 3. The molecule has 0 aromatic carbocycles. The first-order chi connectivity index (χ1) is 17.1. The number of carbonyl (C=O) groups is 4.